The van der Waals surface area contributed by atoms with Crippen molar-refractivity contribution in [2.24, 2.45) is 0 Å². The van der Waals surface area contributed by atoms with Crippen LogP contribution >= 0.6 is 11.8 Å². The van der Waals surface area contributed by atoms with E-state index in [1.54, 1.807) is 36.4 Å². The molecule has 0 saturated carbocycles. The van der Waals surface area contributed by atoms with E-state index in [1.165, 1.54) is 46.2 Å². The van der Waals surface area contributed by atoms with E-state index in [0.717, 1.165) is 11.8 Å². The second kappa shape index (κ2) is 8.00. The molecular weight excluding hydrogens is 448 g/mol. The number of carbonyl (C=O) groups is 3. The first-order valence-electron chi connectivity index (χ1n) is 10.1. The number of carbonyl (C=O) groups excluding carboxylic acids is 3. The second-order valence-electron chi connectivity index (χ2n) is 7.58. The van der Waals surface area contributed by atoms with Crippen molar-refractivity contribution in [1.29, 1.82) is 0 Å². The van der Waals surface area contributed by atoms with E-state index in [4.69, 9.17) is 0 Å². The zero-order valence-corrected chi connectivity index (χ0v) is 17.9. The fourth-order valence-corrected chi connectivity index (χ4v) is 5.58. The van der Waals surface area contributed by atoms with Gasteiger partial charge < -0.3 is 5.32 Å². The van der Waals surface area contributed by atoms with Gasteiger partial charge in [-0.25, -0.2) is 8.78 Å². The van der Waals surface area contributed by atoms with Gasteiger partial charge in [0.05, 0.1) is 17.1 Å². The van der Waals surface area contributed by atoms with Crippen molar-refractivity contribution in [1.82, 2.24) is 0 Å². The summed E-state index contributed by atoms with van der Waals surface area (Å²) in [4.78, 5) is 40.6. The van der Waals surface area contributed by atoms with Crippen molar-refractivity contribution >= 4 is 46.5 Å². The van der Waals surface area contributed by atoms with Crippen molar-refractivity contribution in [3.05, 3.63) is 90.0 Å². The van der Waals surface area contributed by atoms with E-state index in [2.05, 4.69) is 5.32 Å². The van der Waals surface area contributed by atoms with E-state index in [9.17, 15) is 23.2 Å². The van der Waals surface area contributed by atoms with Crippen LogP contribution in [0.5, 0.6) is 0 Å². The molecule has 2 aliphatic heterocycles. The minimum Gasteiger partial charge on any atom is -0.322 e. The van der Waals surface area contributed by atoms with Gasteiger partial charge in [-0.3, -0.25) is 24.2 Å². The number of benzene rings is 3. The van der Waals surface area contributed by atoms with E-state index in [-0.39, 0.29) is 29.6 Å². The molecule has 2 heterocycles. The molecule has 0 aliphatic carbocycles. The van der Waals surface area contributed by atoms with Gasteiger partial charge in [-0.2, -0.15) is 0 Å². The topological polar surface area (TPSA) is 69.7 Å². The lowest BCUT2D eigenvalue weighted by Crippen LogP contribution is -2.50. The average Bonchev–Trinajstić information content (AvgIpc) is 3.26. The molecule has 1 fully saturated rings. The van der Waals surface area contributed by atoms with Crippen LogP contribution in [0.3, 0.4) is 0 Å². The predicted octanol–water partition coefficient (Wildman–Crippen LogP) is 3.88. The molecule has 1 spiro atoms. The minimum absolute atomic E-state index is 0.00366. The Kier molecular flexibility index (Phi) is 5.13. The third kappa shape index (κ3) is 3.36. The number of thioether (sulfide) groups is 1. The summed E-state index contributed by atoms with van der Waals surface area (Å²) in [7, 11) is 0. The zero-order chi connectivity index (χ0) is 23.2. The summed E-state index contributed by atoms with van der Waals surface area (Å²) in [6.07, 6.45) is 0. The Labute approximate surface area is 192 Å². The average molecular weight is 465 g/mol. The molecule has 5 rings (SSSR count). The molecule has 0 aromatic heterocycles. The van der Waals surface area contributed by atoms with Crippen LogP contribution in [-0.2, 0) is 19.3 Å². The molecule has 3 aromatic rings. The number of para-hydroxylation sites is 2. The molecule has 6 nitrogen and oxygen atoms in total. The molecule has 9 heteroatoms. The fraction of sp³-hybridized carbons (Fsp3) is 0.125. The number of nitrogens with one attached hydrogen (secondary N) is 1. The molecule has 1 atom stereocenters. The molecule has 33 heavy (non-hydrogen) atoms. The van der Waals surface area contributed by atoms with Crippen LogP contribution in [0.25, 0.3) is 0 Å². The van der Waals surface area contributed by atoms with Gasteiger partial charge in [0.15, 0.2) is 0 Å². The highest BCUT2D eigenvalue weighted by Crippen LogP contribution is 2.55. The van der Waals surface area contributed by atoms with E-state index in [1.807, 2.05) is 0 Å². The quantitative estimate of drug-likeness (QED) is 0.635. The molecule has 166 valence electrons. The number of halogens is 2. The molecule has 0 radical (unpaired) electrons. The summed E-state index contributed by atoms with van der Waals surface area (Å²) in [6, 6.07) is 18.1. The summed E-state index contributed by atoms with van der Waals surface area (Å²) >= 11 is 1.13. The van der Waals surface area contributed by atoms with Gasteiger partial charge in [0.1, 0.15) is 18.2 Å². The zero-order valence-electron chi connectivity index (χ0n) is 17.1. The standard InChI is InChI=1S/C24H17F2N3O3S/c25-15-6-5-7-16(12-15)29-22(31)14-33-24(29)17-8-1-4-11-20(17)28(23(24)32)13-21(30)27-19-10-3-2-9-18(19)26/h1-12H,13-14H2,(H,27,30). The third-order valence-electron chi connectivity index (χ3n) is 5.58. The van der Waals surface area contributed by atoms with Crippen molar-refractivity contribution in [3.63, 3.8) is 0 Å². The molecule has 3 amide bonds. The predicted molar refractivity (Wildman–Crippen MR) is 122 cm³/mol. The van der Waals surface area contributed by atoms with Crippen LogP contribution in [-0.4, -0.2) is 30.0 Å². The Balaban J connectivity index is 1.53. The Morgan fingerprint density at radius 1 is 1.00 bits per heavy atom. The van der Waals surface area contributed by atoms with E-state index in [0.29, 0.717) is 11.3 Å². The van der Waals surface area contributed by atoms with Crippen LogP contribution in [0.2, 0.25) is 0 Å². The molecule has 0 bridgehead atoms. The van der Waals surface area contributed by atoms with E-state index < -0.39 is 28.3 Å². The maximum absolute atomic E-state index is 14.0. The van der Waals surface area contributed by atoms with Gasteiger partial charge in [0, 0.05) is 11.3 Å². The Morgan fingerprint density at radius 2 is 1.76 bits per heavy atom. The number of nitrogens with zero attached hydrogens (tertiary/aromatic N) is 2. The first-order chi connectivity index (χ1) is 15.9. The lowest BCUT2D eigenvalue weighted by atomic mass is 10.0. The van der Waals surface area contributed by atoms with Crippen molar-refractivity contribution in [3.8, 4) is 0 Å². The second-order valence-corrected chi connectivity index (χ2v) is 8.75. The normalized spacial score (nSPS) is 19.3. The summed E-state index contributed by atoms with van der Waals surface area (Å²) in [5.74, 6) is -2.53. The summed E-state index contributed by atoms with van der Waals surface area (Å²) in [6.45, 7) is -0.377. The highest BCUT2D eigenvalue weighted by molar-refractivity contribution is 8.02. The largest absolute Gasteiger partial charge is 0.322 e. The Morgan fingerprint density at radius 3 is 2.55 bits per heavy atom. The van der Waals surface area contributed by atoms with Gasteiger partial charge in [0.2, 0.25) is 16.7 Å². The van der Waals surface area contributed by atoms with Crippen molar-refractivity contribution < 1.29 is 23.2 Å². The van der Waals surface area contributed by atoms with Gasteiger partial charge in [-0.05, 0) is 36.4 Å². The van der Waals surface area contributed by atoms with Gasteiger partial charge in [-0.15, -0.1) is 11.8 Å². The van der Waals surface area contributed by atoms with Crippen LogP contribution < -0.4 is 15.1 Å². The highest BCUT2D eigenvalue weighted by Gasteiger charge is 2.61. The summed E-state index contributed by atoms with van der Waals surface area (Å²) < 4.78 is 27.9. The molecular formula is C24H17F2N3O3S. The molecule has 1 saturated heterocycles. The molecule has 1 N–H and O–H groups in total. The Hall–Kier alpha value is -3.72. The maximum atomic E-state index is 14.0. The Bertz CT molecular complexity index is 1300. The lowest BCUT2D eigenvalue weighted by molar-refractivity contribution is -0.124. The minimum atomic E-state index is -1.46. The summed E-state index contributed by atoms with van der Waals surface area (Å²) in [5, 5.41) is 2.48. The van der Waals surface area contributed by atoms with Gasteiger partial charge >= 0.3 is 0 Å². The maximum Gasteiger partial charge on any atom is 0.269 e. The summed E-state index contributed by atoms with van der Waals surface area (Å²) in [5.41, 5.74) is 1.26. The first-order valence-corrected chi connectivity index (χ1v) is 11.1. The van der Waals surface area contributed by atoms with Crippen molar-refractivity contribution in [2.45, 2.75) is 4.87 Å². The number of hydrogen-bond acceptors (Lipinski definition) is 4. The van der Waals surface area contributed by atoms with Crippen LogP contribution in [0.1, 0.15) is 5.56 Å². The monoisotopic (exact) mass is 465 g/mol. The van der Waals surface area contributed by atoms with Crippen LogP contribution in [0.4, 0.5) is 25.8 Å². The van der Waals surface area contributed by atoms with Crippen LogP contribution in [0.15, 0.2) is 72.8 Å². The lowest BCUT2D eigenvalue weighted by Gasteiger charge is -2.33. The highest BCUT2D eigenvalue weighted by atomic mass is 32.2. The van der Waals surface area contributed by atoms with Crippen LogP contribution in [0, 0.1) is 11.6 Å². The number of hydrogen-bond donors (Lipinski definition) is 1. The van der Waals surface area contributed by atoms with Gasteiger partial charge in [0.25, 0.3) is 5.91 Å². The number of amides is 3. The molecule has 1 unspecified atom stereocenters. The van der Waals surface area contributed by atoms with Gasteiger partial charge in [-0.1, -0.05) is 36.4 Å². The molecule has 3 aromatic carbocycles. The van der Waals surface area contributed by atoms with Crippen molar-refractivity contribution in [2.75, 3.05) is 27.4 Å². The fourth-order valence-electron chi connectivity index (χ4n) is 4.22. The number of rotatable bonds is 4. The van der Waals surface area contributed by atoms with E-state index >= 15 is 0 Å². The first kappa shape index (κ1) is 21.1. The number of anilines is 3. The third-order valence-corrected chi connectivity index (χ3v) is 6.97. The SMILES string of the molecule is O=C(CN1C(=O)C2(SCC(=O)N2c2cccc(F)c2)c2ccccc21)Nc1ccccc1F. The smallest absolute Gasteiger partial charge is 0.269 e. The molecule has 2 aliphatic rings. The number of fused-ring (bicyclic) bond motifs is 2.